The standard InChI is InChI=1S/C21H16Br2F4O2/c1-21(2)13(8-16(22)23)17(21)20(28)29-9-10-4-3-5-12(18(10)26)11-6-14(24)19(27)15(25)7-11/h3-8,13,17H,9H2,1-2H3. The van der Waals surface area contributed by atoms with Crippen molar-refractivity contribution >= 4 is 37.8 Å². The third-order valence-corrected chi connectivity index (χ3v) is 5.74. The second kappa shape index (κ2) is 8.22. The Labute approximate surface area is 182 Å². The average molecular weight is 536 g/mol. The smallest absolute Gasteiger partial charge is 0.310 e. The first kappa shape index (κ1) is 22.0. The van der Waals surface area contributed by atoms with Gasteiger partial charge in [0.15, 0.2) is 17.5 Å². The molecule has 8 heteroatoms. The molecule has 0 aromatic heterocycles. The van der Waals surface area contributed by atoms with E-state index in [-0.39, 0.29) is 40.5 Å². The maximum Gasteiger partial charge on any atom is 0.310 e. The molecule has 2 aromatic carbocycles. The van der Waals surface area contributed by atoms with Gasteiger partial charge in [-0.1, -0.05) is 38.1 Å². The van der Waals surface area contributed by atoms with E-state index in [2.05, 4.69) is 31.9 Å². The Morgan fingerprint density at radius 1 is 1.10 bits per heavy atom. The minimum absolute atomic E-state index is 0.0231. The average Bonchev–Trinajstić information content (AvgIpc) is 3.17. The van der Waals surface area contributed by atoms with Crippen molar-refractivity contribution in [2.45, 2.75) is 20.5 Å². The van der Waals surface area contributed by atoms with Crippen LogP contribution in [-0.2, 0) is 16.1 Å². The summed E-state index contributed by atoms with van der Waals surface area (Å²) in [5.41, 5.74) is -0.504. The highest BCUT2D eigenvalue weighted by Gasteiger charge is 2.61. The Morgan fingerprint density at radius 2 is 1.72 bits per heavy atom. The summed E-state index contributed by atoms with van der Waals surface area (Å²) in [4.78, 5) is 12.4. The van der Waals surface area contributed by atoms with Gasteiger partial charge in [0.05, 0.1) is 9.31 Å². The fraction of sp³-hybridized carbons (Fsp3) is 0.286. The van der Waals surface area contributed by atoms with Crippen LogP contribution < -0.4 is 0 Å². The van der Waals surface area contributed by atoms with Crippen LogP contribution >= 0.6 is 31.9 Å². The van der Waals surface area contributed by atoms with Crippen LogP contribution in [0.15, 0.2) is 39.8 Å². The molecule has 154 valence electrons. The van der Waals surface area contributed by atoms with Gasteiger partial charge in [0, 0.05) is 11.1 Å². The van der Waals surface area contributed by atoms with Crippen LogP contribution in [0.5, 0.6) is 0 Å². The molecule has 0 aliphatic heterocycles. The lowest BCUT2D eigenvalue weighted by Crippen LogP contribution is -2.11. The highest BCUT2D eigenvalue weighted by atomic mass is 79.9. The number of halogens is 6. The Kier molecular flexibility index (Phi) is 6.24. The zero-order valence-electron chi connectivity index (χ0n) is 15.4. The number of hydrogen-bond donors (Lipinski definition) is 0. The highest BCUT2D eigenvalue weighted by molar-refractivity contribution is 9.28. The van der Waals surface area contributed by atoms with E-state index in [9.17, 15) is 22.4 Å². The number of allylic oxidation sites excluding steroid dienone is 1. The summed E-state index contributed by atoms with van der Waals surface area (Å²) in [5.74, 6) is -6.08. The second-order valence-corrected chi connectivity index (χ2v) is 10.2. The summed E-state index contributed by atoms with van der Waals surface area (Å²) in [6.45, 7) is 3.53. The van der Waals surface area contributed by atoms with E-state index < -0.39 is 29.2 Å². The number of esters is 1. The molecule has 0 bridgehead atoms. The van der Waals surface area contributed by atoms with Gasteiger partial charge in [0.25, 0.3) is 0 Å². The molecule has 2 unspecified atom stereocenters. The van der Waals surface area contributed by atoms with E-state index in [1.54, 1.807) is 0 Å². The van der Waals surface area contributed by atoms with Gasteiger partial charge in [-0.25, -0.2) is 17.6 Å². The molecule has 0 radical (unpaired) electrons. The van der Waals surface area contributed by atoms with Crippen molar-refractivity contribution in [3.63, 3.8) is 0 Å². The van der Waals surface area contributed by atoms with Crippen LogP contribution in [0.2, 0.25) is 0 Å². The van der Waals surface area contributed by atoms with Crippen molar-refractivity contribution in [3.05, 3.63) is 68.6 Å². The molecule has 1 fully saturated rings. The third kappa shape index (κ3) is 4.43. The summed E-state index contributed by atoms with van der Waals surface area (Å²) < 4.78 is 61.0. The summed E-state index contributed by atoms with van der Waals surface area (Å²) >= 11 is 6.54. The number of benzene rings is 2. The predicted octanol–water partition coefficient (Wildman–Crippen LogP) is 6.86. The molecule has 0 amide bonds. The number of hydrogen-bond acceptors (Lipinski definition) is 2. The topological polar surface area (TPSA) is 26.3 Å². The number of carbonyl (C=O) groups excluding carboxylic acids is 1. The van der Waals surface area contributed by atoms with Crippen molar-refractivity contribution in [3.8, 4) is 11.1 Å². The third-order valence-electron chi connectivity index (χ3n) is 5.21. The number of rotatable bonds is 5. The Morgan fingerprint density at radius 3 is 2.31 bits per heavy atom. The van der Waals surface area contributed by atoms with Crippen LogP contribution in [0.25, 0.3) is 11.1 Å². The molecule has 0 heterocycles. The fourth-order valence-corrected chi connectivity index (χ4v) is 4.01. The molecule has 1 aliphatic carbocycles. The van der Waals surface area contributed by atoms with Crippen LogP contribution in [0, 0.1) is 40.5 Å². The first-order valence-electron chi connectivity index (χ1n) is 8.65. The lowest BCUT2D eigenvalue weighted by atomic mass is 10.0. The Bertz CT molecular complexity index is 977. The second-order valence-electron chi connectivity index (χ2n) is 7.42. The molecule has 1 saturated carbocycles. The molecule has 2 aromatic rings. The van der Waals surface area contributed by atoms with E-state index in [4.69, 9.17) is 4.74 Å². The molecule has 29 heavy (non-hydrogen) atoms. The van der Waals surface area contributed by atoms with E-state index >= 15 is 0 Å². The first-order valence-corrected chi connectivity index (χ1v) is 10.2. The molecule has 0 saturated heterocycles. The van der Waals surface area contributed by atoms with Gasteiger partial charge in [-0.05, 0) is 60.9 Å². The van der Waals surface area contributed by atoms with Crippen LogP contribution in [0.4, 0.5) is 17.6 Å². The summed E-state index contributed by atoms with van der Waals surface area (Å²) in [7, 11) is 0. The van der Waals surface area contributed by atoms with Gasteiger partial charge in [-0.15, -0.1) is 0 Å². The minimum atomic E-state index is -1.62. The van der Waals surface area contributed by atoms with E-state index in [1.807, 2.05) is 19.9 Å². The molecular formula is C21H16Br2F4O2. The van der Waals surface area contributed by atoms with E-state index in [1.165, 1.54) is 18.2 Å². The lowest BCUT2D eigenvalue weighted by molar-refractivity contribution is -0.147. The first-order chi connectivity index (χ1) is 13.5. The molecule has 1 aliphatic rings. The van der Waals surface area contributed by atoms with Crippen LogP contribution in [-0.4, -0.2) is 5.97 Å². The summed E-state index contributed by atoms with van der Waals surface area (Å²) in [6, 6.07) is 5.62. The zero-order chi connectivity index (χ0) is 21.5. The monoisotopic (exact) mass is 534 g/mol. The van der Waals surface area contributed by atoms with Crippen molar-refractivity contribution in [2.24, 2.45) is 17.3 Å². The molecule has 2 nitrogen and oxygen atoms in total. The number of carbonyl (C=O) groups is 1. The summed E-state index contributed by atoms with van der Waals surface area (Å²) in [6.07, 6.45) is 1.87. The SMILES string of the molecule is CC1(C)C(C=C(Br)Br)C1C(=O)OCc1cccc(-c2cc(F)c(F)c(F)c2)c1F. The Hall–Kier alpha value is -1.67. The maximum absolute atomic E-state index is 14.8. The largest absolute Gasteiger partial charge is 0.460 e. The normalized spacial score (nSPS) is 19.6. The fourth-order valence-electron chi connectivity index (χ4n) is 3.44. The van der Waals surface area contributed by atoms with Crippen LogP contribution in [0.3, 0.4) is 0 Å². The van der Waals surface area contributed by atoms with Gasteiger partial charge in [0.2, 0.25) is 0 Å². The quantitative estimate of drug-likeness (QED) is 0.237. The Balaban J connectivity index is 1.78. The van der Waals surface area contributed by atoms with Crippen molar-refractivity contribution in [2.75, 3.05) is 0 Å². The number of ether oxygens (including phenoxy) is 1. The summed E-state index contributed by atoms with van der Waals surface area (Å²) in [5, 5.41) is 0. The van der Waals surface area contributed by atoms with Gasteiger partial charge >= 0.3 is 5.97 Å². The lowest BCUT2D eigenvalue weighted by Gasteiger charge is -2.11. The van der Waals surface area contributed by atoms with E-state index in [0.717, 1.165) is 3.39 Å². The maximum atomic E-state index is 14.8. The molecular weight excluding hydrogens is 520 g/mol. The van der Waals surface area contributed by atoms with Gasteiger partial charge in [-0.3, -0.25) is 4.79 Å². The van der Waals surface area contributed by atoms with Gasteiger partial charge in [0.1, 0.15) is 12.4 Å². The van der Waals surface area contributed by atoms with Crippen LogP contribution in [0.1, 0.15) is 19.4 Å². The molecule has 0 spiro atoms. The van der Waals surface area contributed by atoms with Gasteiger partial charge in [-0.2, -0.15) is 0 Å². The van der Waals surface area contributed by atoms with Crippen molar-refractivity contribution < 1.29 is 27.1 Å². The van der Waals surface area contributed by atoms with Crippen molar-refractivity contribution in [1.29, 1.82) is 0 Å². The molecule has 2 atom stereocenters. The highest BCUT2D eigenvalue weighted by Crippen LogP contribution is 2.60. The molecule has 0 N–H and O–H groups in total. The minimum Gasteiger partial charge on any atom is -0.460 e. The zero-order valence-corrected chi connectivity index (χ0v) is 18.6. The predicted molar refractivity (Wildman–Crippen MR) is 108 cm³/mol. The van der Waals surface area contributed by atoms with Gasteiger partial charge < -0.3 is 4.74 Å². The molecule has 3 rings (SSSR count). The van der Waals surface area contributed by atoms with Crippen molar-refractivity contribution in [1.82, 2.24) is 0 Å². The van der Waals surface area contributed by atoms with E-state index in [0.29, 0.717) is 12.1 Å².